The minimum atomic E-state index is -0.236. The number of nitrogens with zero attached hydrogens (tertiary/aromatic N) is 2. The average molecular weight is 494 g/mol. The quantitative estimate of drug-likeness (QED) is 0.501. The SMILES string of the molecule is CCNC(=O)N(CCCOC)CC(=O)N1CCc2sccc2[C@H]1COc1ccc(Cl)c(C)c1. The van der Waals surface area contributed by atoms with E-state index in [4.69, 9.17) is 21.1 Å². The second kappa shape index (κ2) is 12.3. The summed E-state index contributed by atoms with van der Waals surface area (Å²) in [5, 5.41) is 5.55. The molecular weight excluding hydrogens is 462 g/mol. The Labute approximate surface area is 204 Å². The Balaban J connectivity index is 1.74. The van der Waals surface area contributed by atoms with Gasteiger partial charge in [-0.2, -0.15) is 0 Å². The number of nitrogens with one attached hydrogen (secondary N) is 1. The Morgan fingerprint density at radius 3 is 2.88 bits per heavy atom. The molecule has 0 fully saturated rings. The van der Waals surface area contributed by atoms with Crippen LogP contribution >= 0.6 is 22.9 Å². The van der Waals surface area contributed by atoms with E-state index in [-0.39, 0.29) is 24.5 Å². The highest BCUT2D eigenvalue weighted by atomic mass is 35.5. The number of hydrogen-bond acceptors (Lipinski definition) is 5. The van der Waals surface area contributed by atoms with Crippen molar-refractivity contribution in [1.29, 1.82) is 0 Å². The van der Waals surface area contributed by atoms with Gasteiger partial charge in [-0.1, -0.05) is 11.6 Å². The van der Waals surface area contributed by atoms with Crippen LogP contribution in [0.2, 0.25) is 5.02 Å². The lowest BCUT2D eigenvalue weighted by Gasteiger charge is -2.37. The van der Waals surface area contributed by atoms with Gasteiger partial charge in [-0.15, -0.1) is 11.3 Å². The molecule has 3 amide bonds. The second-order valence-corrected chi connectivity index (χ2v) is 9.39. The van der Waals surface area contributed by atoms with E-state index >= 15 is 0 Å². The van der Waals surface area contributed by atoms with Crippen molar-refractivity contribution in [3.05, 3.63) is 50.7 Å². The monoisotopic (exact) mass is 493 g/mol. The molecule has 0 saturated heterocycles. The lowest BCUT2D eigenvalue weighted by atomic mass is 10.0. The number of methoxy groups -OCH3 is 1. The van der Waals surface area contributed by atoms with E-state index in [1.807, 2.05) is 36.9 Å². The number of halogens is 1. The standard InChI is InChI=1S/C24H32ClN3O4S/c1-4-26-24(30)27(10-5-12-31-3)15-23(29)28-11-8-22-19(9-13-33-22)21(28)16-32-18-6-7-20(25)17(2)14-18/h6-7,9,13-14,21H,4-5,8,10-12,15-16H2,1-3H3,(H,26,30)/t21-/m1/s1. The first-order valence-corrected chi connectivity index (χ1v) is 12.5. The lowest BCUT2D eigenvalue weighted by Crippen LogP contribution is -2.50. The Morgan fingerprint density at radius 1 is 1.33 bits per heavy atom. The molecule has 0 saturated carbocycles. The first kappa shape index (κ1) is 25.3. The molecule has 0 aliphatic carbocycles. The maximum absolute atomic E-state index is 13.4. The Kier molecular flexibility index (Phi) is 9.41. The van der Waals surface area contributed by atoms with Crippen LogP contribution in [0.3, 0.4) is 0 Å². The van der Waals surface area contributed by atoms with Crippen molar-refractivity contribution in [2.24, 2.45) is 0 Å². The fourth-order valence-corrected chi connectivity index (χ4v) is 4.97. The van der Waals surface area contributed by atoms with Gasteiger partial charge >= 0.3 is 6.03 Å². The molecular formula is C24H32ClN3O4S. The molecule has 2 heterocycles. The lowest BCUT2D eigenvalue weighted by molar-refractivity contribution is -0.135. The molecule has 7 nitrogen and oxygen atoms in total. The van der Waals surface area contributed by atoms with E-state index in [0.717, 1.165) is 23.3 Å². The molecule has 1 atom stereocenters. The van der Waals surface area contributed by atoms with Gasteiger partial charge in [0.05, 0.1) is 6.04 Å². The predicted octanol–water partition coefficient (Wildman–Crippen LogP) is 4.28. The number of rotatable bonds is 10. The van der Waals surface area contributed by atoms with Crippen molar-refractivity contribution in [1.82, 2.24) is 15.1 Å². The number of urea groups is 1. The largest absolute Gasteiger partial charge is 0.491 e. The smallest absolute Gasteiger partial charge is 0.317 e. The summed E-state index contributed by atoms with van der Waals surface area (Å²) >= 11 is 7.84. The zero-order valence-electron chi connectivity index (χ0n) is 19.4. The van der Waals surface area contributed by atoms with Crippen LogP contribution in [0.5, 0.6) is 5.75 Å². The summed E-state index contributed by atoms with van der Waals surface area (Å²) in [6.07, 6.45) is 1.47. The van der Waals surface area contributed by atoms with Gasteiger partial charge in [0.1, 0.15) is 18.9 Å². The normalized spacial score (nSPS) is 15.2. The molecule has 9 heteroatoms. The third kappa shape index (κ3) is 6.62. The van der Waals surface area contributed by atoms with Crippen LogP contribution in [0.15, 0.2) is 29.6 Å². The van der Waals surface area contributed by atoms with E-state index < -0.39 is 0 Å². The third-order valence-corrected chi connectivity index (χ3v) is 7.09. The fraction of sp³-hybridized carbons (Fsp3) is 0.500. The van der Waals surface area contributed by atoms with E-state index in [2.05, 4.69) is 16.8 Å². The maximum Gasteiger partial charge on any atom is 0.317 e. The first-order chi connectivity index (χ1) is 15.9. The van der Waals surface area contributed by atoms with Gasteiger partial charge in [0, 0.05) is 43.3 Å². The van der Waals surface area contributed by atoms with Crippen LogP contribution in [0.25, 0.3) is 0 Å². The van der Waals surface area contributed by atoms with Gasteiger partial charge in [0.2, 0.25) is 5.91 Å². The number of carbonyl (C=O) groups is 2. The highest BCUT2D eigenvalue weighted by Crippen LogP contribution is 2.34. The number of amides is 3. The molecule has 1 aromatic carbocycles. The van der Waals surface area contributed by atoms with E-state index in [1.165, 1.54) is 4.88 Å². The molecule has 3 rings (SSSR count). The van der Waals surface area contributed by atoms with E-state index in [9.17, 15) is 9.59 Å². The molecule has 1 aliphatic heterocycles. The molecule has 0 spiro atoms. The minimum Gasteiger partial charge on any atom is -0.491 e. The Hall–Kier alpha value is -2.29. The van der Waals surface area contributed by atoms with Crippen LogP contribution in [0.4, 0.5) is 4.79 Å². The molecule has 0 bridgehead atoms. The summed E-state index contributed by atoms with van der Waals surface area (Å²) in [4.78, 5) is 30.6. The number of ether oxygens (including phenoxy) is 2. The van der Waals surface area contributed by atoms with Crippen LogP contribution in [0.1, 0.15) is 35.4 Å². The molecule has 1 aliphatic rings. The molecule has 0 radical (unpaired) electrons. The Morgan fingerprint density at radius 2 is 2.15 bits per heavy atom. The number of carbonyl (C=O) groups excluding carboxylic acids is 2. The summed E-state index contributed by atoms with van der Waals surface area (Å²) in [6.45, 7) is 6.24. The molecule has 1 aromatic heterocycles. The highest BCUT2D eigenvalue weighted by molar-refractivity contribution is 7.10. The zero-order valence-corrected chi connectivity index (χ0v) is 21.0. The van der Waals surface area contributed by atoms with Gasteiger partial charge in [0.15, 0.2) is 0 Å². The fourth-order valence-electron chi connectivity index (χ4n) is 3.93. The van der Waals surface area contributed by atoms with Crippen molar-refractivity contribution >= 4 is 34.9 Å². The van der Waals surface area contributed by atoms with Gasteiger partial charge in [-0.3, -0.25) is 4.79 Å². The Bertz CT molecular complexity index is 952. The summed E-state index contributed by atoms with van der Waals surface area (Å²) in [5.41, 5.74) is 2.06. The maximum atomic E-state index is 13.4. The number of benzene rings is 1. The molecule has 0 unspecified atom stereocenters. The van der Waals surface area contributed by atoms with Crippen molar-refractivity contribution in [3.63, 3.8) is 0 Å². The topological polar surface area (TPSA) is 71.1 Å². The summed E-state index contributed by atoms with van der Waals surface area (Å²) in [7, 11) is 1.63. The molecule has 2 aromatic rings. The minimum absolute atomic E-state index is 0.0194. The van der Waals surface area contributed by atoms with Crippen molar-refractivity contribution < 1.29 is 19.1 Å². The second-order valence-electron chi connectivity index (χ2n) is 7.98. The summed E-state index contributed by atoms with van der Waals surface area (Å²) in [5.74, 6) is 0.631. The van der Waals surface area contributed by atoms with Crippen LogP contribution in [0, 0.1) is 6.92 Å². The van der Waals surface area contributed by atoms with Crippen molar-refractivity contribution in [3.8, 4) is 5.75 Å². The molecule has 33 heavy (non-hydrogen) atoms. The van der Waals surface area contributed by atoms with Gasteiger partial charge in [0.25, 0.3) is 0 Å². The number of hydrogen-bond donors (Lipinski definition) is 1. The number of thiophene rings is 1. The van der Waals surface area contributed by atoms with Gasteiger partial charge < -0.3 is 24.6 Å². The highest BCUT2D eigenvalue weighted by Gasteiger charge is 2.33. The first-order valence-electron chi connectivity index (χ1n) is 11.2. The predicted molar refractivity (Wildman–Crippen MR) is 131 cm³/mol. The van der Waals surface area contributed by atoms with E-state index in [1.54, 1.807) is 23.3 Å². The number of fused-ring (bicyclic) bond motifs is 1. The third-order valence-electron chi connectivity index (χ3n) is 5.67. The van der Waals surface area contributed by atoms with Gasteiger partial charge in [-0.25, -0.2) is 4.79 Å². The van der Waals surface area contributed by atoms with E-state index in [0.29, 0.717) is 44.3 Å². The summed E-state index contributed by atoms with van der Waals surface area (Å²) < 4.78 is 11.2. The van der Waals surface area contributed by atoms with Crippen LogP contribution in [-0.4, -0.2) is 68.2 Å². The summed E-state index contributed by atoms with van der Waals surface area (Å²) in [6, 6.07) is 7.18. The van der Waals surface area contributed by atoms with Crippen LogP contribution < -0.4 is 10.1 Å². The van der Waals surface area contributed by atoms with Gasteiger partial charge in [-0.05, 0) is 67.5 Å². The molecule has 180 valence electrons. The van der Waals surface area contributed by atoms with Crippen LogP contribution in [-0.2, 0) is 16.0 Å². The number of aryl methyl sites for hydroxylation is 1. The van der Waals surface area contributed by atoms with Crippen molar-refractivity contribution in [2.75, 3.05) is 46.5 Å². The molecule has 1 N–H and O–H groups in total. The van der Waals surface area contributed by atoms with Crippen molar-refractivity contribution in [2.45, 2.75) is 32.7 Å². The average Bonchev–Trinajstić information content (AvgIpc) is 3.28. The zero-order chi connectivity index (χ0) is 23.8.